The quantitative estimate of drug-likeness (QED) is 0.546. The number of hydrogen-bond acceptors (Lipinski definition) is 4. The van der Waals surface area contributed by atoms with E-state index in [1.165, 1.54) is 24.4 Å². The van der Waals surface area contributed by atoms with E-state index in [1.807, 2.05) is 0 Å². The molecule has 0 bridgehead atoms. The molecule has 0 atom stereocenters. The van der Waals surface area contributed by atoms with Crippen molar-refractivity contribution in [2.75, 3.05) is 5.32 Å². The summed E-state index contributed by atoms with van der Waals surface area (Å²) in [6.07, 6.45) is -3.08. The summed E-state index contributed by atoms with van der Waals surface area (Å²) in [7, 11) is 0. The van der Waals surface area contributed by atoms with Gasteiger partial charge in [0.15, 0.2) is 0 Å². The van der Waals surface area contributed by atoms with Gasteiger partial charge in [-0.3, -0.25) is 15.1 Å². The van der Waals surface area contributed by atoms with Crippen LogP contribution in [0.1, 0.15) is 5.56 Å². The highest BCUT2D eigenvalue weighted by Crippen LogP contribution is 2.32. The van der Waals surface area contributed by atoms with Crippen LogP contribution in [-0.4, -0.2) is 9.91 Å². The molecule has 0 saturated heterocycles. The molecule has 8 heteroatoms. The standard InChI is InChI=1S/C16H10F3N3O2/c17-16(18,19)10-4-6-11(7-5-10)21-13-3-1-2-12-14(22(23)24)8-9-20-15(12)13/h1-9,21H. The first-order valence-electron chi connectivity index (χ1n) is 6.82. The van der Waals surface area contributed by atoms with Gasteiger partial charge in [-0.2, -0.15) is 13.2 Å². The second-order valence-electron chi connectivity index (χ2n) is 4.99. The van der Waals surface area contributed by atoms with E-state index in [2.05, 4.69) is 10.3 Å². The Morgan fingerprint density at radius 2 is 1.75 bits per heavy atom. The zero-order valence-electron chi connectivity index (χ0n) is 12.0. The second kappa shape index (κ2) is 5.80. The van der Waals surface area contributed by atoms with Crippen LogP contribution < -0.4 is 5.32 Å². The molecule has 3 rings (SSSR count). The predicted octanol–water partition coefficient (Wildman–Crippen LogP) is 4.91. The van der Waals surface area contributed by atoms with E-state index in [0.29, 0.717) is 22.3 Å². The van der Waals surface area contributed by atoms with E-state index in [9.17, 15) is 23.3 Å². The topological polar surface area (TPSA) is 68.1 Å². The van der Waals surface area contributed by atoms with Gasteiger partial charge in [0.25, 0.3) is 5.69 Å². The molecule has 0 unspecified atom stereocenters. The summed E-state index contributed by atoms with van der Waals surface area (Å²) in [5.74, 6) is 0. The van der Waals surface area contributed by atoms with Crippen molar-refractivity contribution >= 4 is 28.0 Å². The minimum Gasteiger partial charge on any atom is -0.354 e. The van der Waals surface area contributed by atoms with E-state index < -0.39 is 16.7 Å². The van der Waals surface area contributed by atoms with Crippen molar-refractivity contribution in [2.24, 2.45) is 0 Å². The summed E-state index contributed by atoms with van der Waals surface area (Å²) in [6.45, 7) is 0. The molecule has 0 fully saturated rings. The molecule has 0 saturated carbocycles. The Morgan fingerprint density at radius 3 is 2.38 bits per heavy atom. The number of hydrogen-bond donors (Lipinski definition) is 1. The van der Waals surface area contributed by atoms with Crippen LogP contribution in [0.3, 0.4) is 0 Å². The first-order valence-corrected chi connectivity index (χ1v) is 6.82. The third kappa shape index (κ3) is 2.98. The second-order valence-corrected chi connectivity index (χ2v) is 4.99. The monoisotopic (exact) mass is 333 g/mol. The number of aromatic nitrogens is 1. The molecule has 122 valence electrons. The molecule has 1 heterocycles. The van der Waals surface area contributed by atoms with Gasteiger partial charge in [-0.1, -0.05) is 6.07 Å². The summed E-state index contributed by atoms with van der Waals surface area (Å²) < 4.78 is 37.7. The number of halogens is 3. The van der Waals surface area contributed by atoms with Gasteiger partial charge in [-0.15, -0.1) is 0 Å². The number of pyridine rings is 1. The minimum absolute atomic E-state index is 0.0870. The zero-order valence-corrected chi connectivity index (χ0v) is 12.0. The number of fused-ring (bicyclic) bond motifs is 1. The molecule has 0 amide bonds. The maximum Gasteiger partial charge on any atom is 0.416 e. The van der Waals surface area contributed by atoms with Gasteiger partial charge in [0.1, 0.15) is 5.52 Å². The SMILES string of the molecule is O=[N+]([O-])c1ccnc2c(Nc3ccc(C(F)(F)F)cc3)cccc12. The number of nitrogens with one attached hydrogen (secondary N) is 1. The number of anilines is 2. The lowest BCUT2D eigenvalue weighted by molar-refractivity contribution is -0.383. The maximum atomic E-state index is 12.6. The Labute approximate surface area is 133 Å². The summed E-state index contributed by atoms with van der Waals surface area (Å²) in [5, 5.41) is 14.4. The lowest BCUT2D eigenvalue weighted by atomic mass is 10.1. The molecule has 24 heavy (non-hydrogen) atoms. The van der Waals surface area contributed by atoms with Gasteiger partial charge in [0.05, 0.1) is 21.6 Å². The highest BCUT2D eigenvalue weighted by Gasteiger charge is 2.29. The van der Waals surface area contributed by atoms with Crippen LogP contribution >= 0.6 is 0 Å². The first-order chi connectivity index (χ1) is 11.4. The summed E-state index contributed by atoms with van der Waals surface area (Å²) in [4.78, 5) is 14.7. The smallest absolute Gasteiger partial charge is 0.354 e. The van der Waals surface area contributed by atoms with Crippen molar-refractivity contribution in [3.05, 3.63) is 70.4 Å². The number of nitrogens with zero attached hydrogens (tertiary/aromatic N) is 2. The van der Waals surface area contributed by atoms with Gasteiger partial charge >= 0.3 is 6.18 Å². The van der Waals surface area contributed by atoms with Gasteiger partial charge < -0.3 is 5.32 Å². The molecule has 0 aliphatic rings. The lowest BCUT2D eigenvalue weighted by Crippen LogP contribution is -2.04. The molecule has 1 N–H and O–H groups in total. The average Bonchev–Trinajstić information content (AvgIpc) is 2.54. The van der Waals surface area contributed by atoms with Gasteiger partial charge in [-0.05, 0) is 36.4 Å². The largest absolute Gasteiger partial charge is 0.416 e. The van der Waals surface area contributed by atoms with Crippen molar-refractivity contribution in [3.8, 4) is 0 Å². The Hall–Kier alpha value is -3.16. The zero-order chi connectivity index (χ0) is 17.3. The predicted molar refractivity (Wildman–Crippen MR) is 83.1 cm³/mol. The molecule has 2 aromatic carbocycles. The Balaban J connectivity index is 1.99. The van der Waals surface area contributed by atoms with Crippen LogP contribution in [0.5, 0.6) is 0 Å². The van der Waals surface area contributed by atoms with Gasteiger partial charge in [-0.25, -0.2) is 0 Å². The van der Waals surface area contributed by atoms with E-state index in [-0.39, 0.29) is 5.69 Å². The van der Waals surface area contributed by atoms with Crippen LogP contribution in [0.25, 0.3) is 10.9 Å². The molecule has 0 radical (unpaired) electrons. The maximum absolute atomic E-state index is 12.6. The number of para-hydroxylation sites is 1. The van der Waals surface area contributed by atoms with Crippen LogP contribution in [0.4, 0.5) is 30.2 Å². The summed E-state index contributed by atoms with van der Waals surface area (Å²) >= 11 is 0. The molecule has 0 aliphatic carbocycles. The normalized spacial score (nSPS) is 11.5. The molecule has 1 aromatic heterocycles. The molecular weight excluding hydrogens is 323 g/mol. The van der Waals surface area contributed by atoms with E-state index >= 15 is 0 Å². The third-order valence-corrected chi connectivity index (χ3v) is 3.44. The van der Waals surface area contributed by atoms with Crippen molar-refractivity contribution in [2.45, 2.75) is 6.18 Å². The lowest BCUT2D eigenvalue weighted by Gasteiger charge is -2.11. The fourth-order valence-corrected chi connectivity index (χ4v) is 2.32. The van der Waals surface area contributed by atoms with Crippen LogP contribution in [0.2, 0.25) is 0 Å². The molecule has 3 aromatic rings. The number of rotatable bonds is 3. The van der Waals surface area contributed by atoms with E-state index in [1.54, 1.807) is 18.2 Å². The molecule has 5 nitrogen and oxygen atoms in total. The first kappa shape index (κ1) is 15.7. The van der Waals surface area contributed by atoms with E-state index in [0.717, 1.165) is 12.1 Å². The van der Waals surface area contributed by atoms with Crippen molar-refractivity contribution in [3.63, 3.8) is 0 Å². The third-order valence-electron chi connectivity index (χ3n) is 3.44. The fraction of sp³-hybridized carbons (Fsp3) is 0.0625. The summed E-state index contributed by atoms with van der Waals surface area (Å²) in [6, 6.07) is 10.6. The highest BCUT2D eigenvalue weighted by atomic mass is 19.4. The highest BCUT2D eigenvalue weighted by molar-refractivity contribution is 5.97. The van der Waals surface area contributed by atoms with Crippen molar-refractivity contribution in [1.29, 1.82) is 0 Å². The van der Waals surface area contributed by atoms with Crippen molar-refractivity contribution < 1.29 is 18.1 Å². The number of benzene rings is 2. The van der Waals surface area contributed by atoms with Crippen molar-refractivity contribution in [1.82, 2.24) is 4.98 Å². The van der Waals surface area contributed by atoms with Crippen LogP contribution in [0, 0.1) is 10.1 Å². The van der Waals surface area contributed by atoms with Crippen LogP contribution in [-0.2, 0) is 6.18 Å². The Morgan fingerprint density at radius 1 is 1.04 bits per heavy atom. The molecule has 0 spiro atoms. The van der Waals surface area contributed by atoms with Crippen LogP contribution in [0.15, 0.2) is 54.7 Å². The molecular formula is C16H10F3N3O2. The summed E-state index contributed by atoms with van der Waals surface area (Å²) in [5.41, 5.74) is 0.419. The Kier molecular flexibility index (Phi) is 3.80. The van der Waals surface area contributed by atoms with E-state index in [4.69, 9.17) is 0 Å². The fourth-order valence-electron chi connectivity index (χ4n) is 2.32. The number of alkyl halides is 3. The average molecular weight is 333 g/mol. The van der Waals surface area contributed by atoms with Gasteiger partial charge in [0, 0.05) is 18.0 Å². The van der Waals surface area contributed by atoms with Gasteiger partial charge in [0.2, 0.25) is 0 Å². The molecule has 0 aliphatic heterocycles. The minimum atomic E-state index is -4.40. The Bertz CT molecular complexity index is 909. The number of nitro groups is 1.